The van der Waals surface area contributed by atoms with Gasteiger partial charge in [-0.15, -0.1) is 0 Å². The lowest BCUT2D eigenvalue weighted by atomic mass is 9.64. The summed E-state index contributed by atoms with van der Waals surface area (Å²) in [5.74, 6) is 0. The molecular formula is C33H36. The van der Waals surface area contributed by atoms with E-state index in [0.29, 0.717) is 0 Å². The van der Waals surface area contributed by atoms with Crippen molar-refractivity contribution < 1.29 is 0 Å². The van der Waals surface area contributed by atoms with Gasteiger partial charge in [-0.05, 0) is 44.2 Å². The Morgan fingerprint density at radius 2 is 0.545 bits per heavy atom. The van der Waals surface area contributed by atoms with Gasteiger partial charge in [0.25, 0.3) is 0 Å². The van der Waals surface area contributed by atoms with E-state index in [2.05, 4.69) is 151 Å². The molecular weight excluding hydrogens is 396 g/mol. The zero-order valence-corrected chi connectivity index (χ0v) is 20.9. The molecule has 4 rings (SSSR count). The van der Waals surface area contributed by atoms with Gasteiger partial charge in [0.2, 0.25) is 0 Å². The molecule has 0 aliphatic carbocycles. The van der Waals surface area contributed by atoms with Crippen LogP contribution in [0.3, 0.4) is 0 Å². The third kappa shape index (κ3) is 4.40. The monoisotopic (exact) mass is 432 g/mol. The maximum absolute atomic E-state index is 2.33. The van der Waals surface area contributed by atoms with E-state index in [1.165, 1.54) is 33.4 Å². The standard InChI is InChI=1S/C33H36/c1-31(2,3)25-17-21-29(22-18-25)33(27-13-9-7-10-14-27,28-15-11-8-12-16-28)30-23-19-26(20-24-30)32(4,5)6/h7-24H,1-6H3. The fraction of sp³-hybridized carbons (Fsp3) is 0.273. The van der Waals surface area contributed by atoms with Crippen LogP contribution in [0.25, 0.3) is 0 Å². The van der Waals surface area contributed by atoms with Gasteiger partial charge in [-0.3, -0.25) is 0 Å². The van der Waals surface area contributed by atoms with E-state index >= 15 is 0 Å². The molecule has 0 heterocycles. The van der Waals surface area contributed by atoms with Gasteiger partial charge in [0, 0.05) is 0 Å². The van der Waals surface area contributed by atoms with Crippen molar-refractivity contribution in [2.75, 3.05) is 0 Å². The molecule has 0 aliphatic heterocycles. The second kappa shape index (κ2) is 8.67. The maximum atomic E-state index is 2.33. The Hall–Kier alpha value is -3.12. The van der Waals surface area contributed by atoms with E-state index in [0.717, 1.165) is 0 Å². The summed E-state index contributed by atoms with van der Waals surface area (Å²) in [6.07, 6.45) is 0. The normalized spacial score (nSPS) is 12.5. The van der Waals surface area contributed by atoms with Crippen molar-refractivity contribution in [3.63, 3.8) is 0 Å². The Bertz CT molecular complexity index is 1070. The predicted octanol–water partition coefficient (Wildman–Crippen LogP) is 8.66. The van der Waals surface area contributed by atoms with Crippen molar-refractivity contribution in [1.29, 1.82) is 0 Å². The summed E-state index contributed by atoms with van der Waals surface area (Å²) >= 11 is 0. The number of rotatable bonds is 4. The van der Waals surface area contributed by atoms with Crippen LogP contribution in [0, 0.1) is 0 Å². The van der Waals surface area contributed by atoms with Gasteiger partial charge in [0.1, 0.15) is 0 Å². The molecule has 0 aliphatic rings. The molecule has 168 valence electrons. The van der Waals surface area contributed by atoms with E-state index in [4.69, 9.17) is 0 Å². The van der Waals surface area contributed by atoms with Crippen LogP contribution in [0.2, 0.25) is 0 Å². The van der Waals surface area contributed by atoms with Crippen molar-refractivity contribution in [3.05, 3.63) is 143 Å². The smallest absolute Gasteiger partial charge is 0.0622 e. The van der Waals surface area contributed by atoms with E-state index in [1.807, 2.05) is 0 Å². The third-order valence-corrected chi connectivity index (χ3v) is 6.78. The van der Waals surface area contributed by atoms with E-state index in [-0.39, 0.29) is 10.8 Å². The van der Waals surface area contributed by atoms with Crippen LogP contribution in [0.15, 0.2) is 109 Å². The minimum Gasteiger partial charge on any atom is -0.0622 e. The zero-order chi connectivity index (χ0) is 23.7. The van der Waals surface area contributed by atoms with Crippen molar-refractivity contribution in [2.24, 2.45) is 0 Å². The highest BCUT2D eigenvalue weighted by atomic mass is 14.4. The SMILES string of the molecule is CC(C)(C)c1ccc(C(c2ccccc2)(c2ccccc2)c2ccc(C(C)(C)C)cc2)cc1. The number of hydrogen-bond donors (Lipinski definition) is 0. The average molecular weight is 433 g/mol. The second-order valence-electron chi connectivity index (χ2n) is 11.1. The highest BCUT2D eigenvalue weighted by Gasteiger charge is 2.38. The molecule has 0 fully saturated rings. The number of benzene rings is 4. The Labute approximate surface area is 200 Å². The van der Waals surface area contributed by atoms with Crippen molar-refractivity contribution >= 4 is 0 Å². The Balaban J connectivity index is 2.04. The third-order valence-electron chi connectivity index (χ3n) is 6.78. The lowest BCUT2D eigenvalue weighted by Crippen LogP contribution is -2.31. The highest BCUT2D eigenvalue weighted by Crippen LogP contribution is 2.45. The van der Waals surface area contributed by atoms with Gasteiger partial charge in [-0.2, -0.15) is 0 Å². The Morgan fingerprint density at radius 3 is 0.818 bits per heavy atom. The Kier molecular flexibility index (Phi) is 6.06. The lowest BCUT2D eigenvalue weighted by Gasteiger charge is -2.37. The molecule has 0 amide bonds. The summed E-state index contributed by atoms with van der Waals surface area (Å²) in [6.45, 7) is 13.6. The van der Waals surface area contributed by atoms with Crippen LogP contribution >= 0.6 is 0 Å². The van der Waals surface area contributed by atoms with E-state index < -0.39 is 5.41 Å². The minimum atomic E-state index is -0.394. The predicted molar refractivity (Wildman–Crippen MR) is 142 cm³/mol. The minimum absolute atomic E-state index is 0.120. The molecule has 0 aromatic heterocycles. The van der Waals surface area contributed by atoms with Crippen LogP contribution in [0.1, 0.15) is 74.9 Å². The Morgan fingerprint density at radius 1 is 0.303 bits per heavy atom. The summed E-state index contributed by atoms with van der Waals surface area (Å²) in [5, 5.41) is 0. The first-order chi connectivity index (χ1) is 15.6. The first kappa shape index (κ1) is 23.1. The molecule has 0 heteroatoms. The largest absolute Gasteiger partial charge is 0.0701 e. The van der Waals surface area contributed by atoms with Crippen LogP contribution < -0.4 is 0 Å². The maximum Gasteiger partial charge on any atom is 0.0701 e. The molecule has 0 unspecified atom stereocenters. The van der Waals surface area contributed by atoms with Crippen molar-refractivity contribution in [2.45, 2.75) is 57.8 Å². The summed E-state index contributed by atoms with van der Waals surface area (Å²) in [6, 6.07) is 40.4. The van der Waals surface area contributed by atoms with Gasteiger partial charge in [-0.25, -0.2) is 0 Å². The van der Waals surface area contributed by atoms with E-state index in [9.17, 15) is 0 Å². The molecule has 4 aromatic carbocycles. The lowest BCUT2D eigenvalue weighted by molar-refractivity contribution is 0.588. The molecule has 0 radical (unpaired) electrons. The van der Waals surface area contributed by atoms with Crippen molar-refractivity contribution in [3.8, 4) is 0 Å². The van der Waals surface area contributed by atoms with Gasteiger partial charge in [0.05, 0.1) is 5.41 Å². The molecule has 0 atom stereocenters. The summed E-state index contributed by atoms with van der Waals surface area (Å²) in [4.78, 5) is 0. The fourth-order valence-electron chi connectivity index (χ4n) is 4.82. The van der Waals surface area contributed by atoms with Gasteiger partial charge in [-0.1, -0.05) is 151 Å². The molecule has 0 saturated heterocycles. The van der Waals surface area contributed by atoms with Crippen LogP contribution in [-0.4, -0.2) is 0 Å². The summed E-state index contributed by atoms with van der Waals surface area (Å²) < 4.78 is 0. The molecule has 0 N–H and O–H groups in total. The van der Waals surface area contributed by atoms with Crippen LogP contribution in [0.5, 0.6) is 0 Å². The number of hydrogen-bond acceptors (Lipinski definition) is 0. The quantitative estimate of drug-likeness (QED) is 0.283. The molecule has 0 spiro atoms. The first-order valence-corrected chi connectivity index (χ1v) is 12.0. The highest BCUT2D eigenvalue weighted by molar-refractivity contribution is 5.60. The van der Waals surface area contributed by atoms with Gasteiger partial charge < -0.3 is 0 Å². The topological polar surface area (TPSA) is 0 Å². The average Bonchev–Trinajstić information content (AvgIpc) is 2.81. The summed E-state index contributed by atoms with van der Waals surface area (Å²) in [7, 11) is 0. The fourth-order valence-corrected chi connectivity index (χ4v) is 4.82. The molecule has 33 heavy (non-hydrogen) atoms. The van der Waals surface area contributed by atoms with Gasteiger partial charge in [0.15, 0.2) is 0 Å². The van der Waals surface area contributed by atoms with E-state index in [1.54, 1.807) is 0 Å². The summed E-state index contributed by atoms with van der Waals surface area (Å²) in [5.41, 5.74) is 7.69. The first-order valence-electron chi connectivity index (χ1n) is 12.0. The zero-order valence-electron chi connectivity index (χ0n) is 20.9. The van der Waals surface area contributed by atoms with Gasteiger partial charge >= 0.3 is 0 Å². The molecule has 0 saturated carbocycles. The second-order valence-corrected chi connectivity index (χ2v) is 11.1. The van der Waals surface area contributed by atoms with Crippen LogP contribution in [0.4, 0.5) is 0 Å². The molecule has 0 nitrogen and oxygen atoms in total. The van der Waals surface area contributed by atoms with Crippen LogP contribution in [-0.2, 0) is 16.2 Å². The molecule has 4 aromatic rings. The van der Waals surface area contributed by atoms with Crippen molar-refractivity contribution in [1.82, 2.24) is 0 Å². The molecule has 0 bridgehead atoms.